The Bertz CT molecular complexity index is 3210. The molecule has 62 heavy (non-hydrogen) atoms. The van der Waals surface area contributed by atoms with Crippen molar-refractivity contribution in [1.82, 2.24) is 19.1 Å². The second-order valence-corrected chi connectivity index (χ2v) is 15.6. The van der Waals surface area contributed by atoms with Crippen LogP contribution in [0.25, 0.3) is 49.5 Å². The van der Waals surface area contributed by atoms with Crippen molar-refractivity contribution >= 4 is 62.0 Å². The number of aromatic nitrogens is 4. The average molecular weight is 832 g/mol. The van der Waals surface area contributed by atoms with Gasteiger partial charge in [0.15, 0.2) is 10.9 Å². The number of para-hydroxylation sites is 4. The Balaban J connectivity index is 0.000000171. The molecule has 5 aromatic heterocycles. The fourth-order valence-corrected chi connectivity index (χ4v) is 8.35. The monoisotopic (exact) mass is 831 g/mol. The van der Waals surface area contributed by atoms with E-state index in [4.69, 9.17) is 15.7 Å². The molecule has 0 amide bonds. The number of allylic oxidation sites excluding steroid dienone is 3. The Morgan fingerprint density at radius 2 is 1.08 bits per heavy atom. The number of thiophene rings is 1. The van der Waals surface area contributed by atoms with E-state index in [0.717, 1.165) is 55.7 Å². The van der Waals surface area contributed by atoms with Crippen molar-refractivity contribution in [2.24, 2.45) is 5.73 Å². The maximum Gasteiger partial charge on any atom is 0.193 e. The van der Waals surface area contributed by atoms with Gasteiger partial charge < -0.3 is 16.4 Å². The van der Waals surface area contributed by atoms with Gasteiger partial charge in [-0.15, -0.1) is 11.3 Å². The fourth-order valence-electron chi connectivity index (χ4n) is 7.38. The summed E-state index contributed by atoms with van der Waals surface area (Å²) < 4.78 is 3.99. The molecule has 9 aromatic rings. The highest BCUT2D eigenvalue weighted by molar-refractivity contribution is 7.13. The van der Waals surface area contributed by atoms with E-state index < -0.39 is 0 Å². The number of hydrogen-bond donors (Lipinski definition) is 3. The van der Waals surface area contributed by atoms with Crippen LogP contribution >= 0.6 is 11.3 Å². The zero-order valence-corrected chi connectivity index (χ0v) is 35.7. The van der Waals surface area contributed by atoms with Gasteiger partial charge in [0, 0.05) is 68.5 Å². The molecule has 306 valence electrons. The number of fused-ring (bicyclic) bond motifs is 2. The van der Waals surface area contributed by atoms with Gasteiger partial charge in [-0.2, -0.15) is 0 Å². The molecule has 0 aliphatic heterocycles. The Kier molecular flexibility index (Phi) is 12.0. The highest BCUT2D eigenvalue weighted by atomic mass is 32.1. The summed E-state index contributed by atoms with van der Waals surface area (Å²) in [5, 5.41) is 10.0. The molecule has 0 bridgehead atoms. The van der Waals surface area contributed by atoms with Crippen LogP contribution in [-0.2, 0) is 0 Å². The van der Waals surface area contributed by atoms with Gasteiger partial charge in [-0.3, -0.25) is 18.7 Å². The van der Waals surface area contributed by atoms with Gasteiger partial charge in [0.25, 0.3) is 0 Å². The van der Waals surface area contributed by atoms with Crippen molar-refractivity contribution in [3.8, 4) is 21.8 Å². The summed E-state index contributed by atoms with van der Waals surface area (Å²) in [6, 6.07) is 48.8. The fraction of sp³-hybridized carbons (Fsp3) is 0.0769. The first kappa shape index (κ1) is 40.9. The lowest BCUT2D eigenvalue weighted by Gasteiger charge is -2.19. The molecule has 0 saturated heterocycles. The Morgan fingerprint density at radius 3 is 1.53 bits per heavy atom. The van der Waals surface area contributed by atoms with Gasteiger partial charge in [0.05, 0.1) is 10.8 Å². The third-order valence-corrected chi connectivity index (χ3v) is 11.4. The van der Waals surface area contributed by atoms with Gasteiger partial charge in [0.2, 0.25) is 0 Å². The quantitative estimate of drug-likeness (QED) is 0.124. The third kappa shape index (κ3) is 8.58. The molecule has 0 aliphatic rings. The number of pyridine rings is 4. The molecule has 0 radical (unpaired) electrons. The Hall–Kier alpha value is -7.82. The maximum absolute atomic E-state index is 13.2. The molecule has 4 N–H and O–H groups in total. The minimum Gasteiger partial charge on any atom is -0.404 e. The van der Waals surface area contributed by atoms with Crippen molar-refractivity contribution in [1.29, 1.82) is 0 Å². The van der Waals surface area contributed by atoms with E-state index in [0.29, 0.717) is 33.7 Å². The highest BCUT2D eigenvalue weighted by Crippen LogP contribution is 2.33. The third-order valence-electron chi connectivity index (χ3n) is 10.3. The summed E-state index contributed by atoms with van der Waals surface area (Å²) in [5.74, 6) is 1.33. The number of nitrogens with one attached hydrogen (secondary N) is 2. The lowest BCUT2D eigenvalue weighted by Crippen LogP contribution is -2.14. The van der Waals surface area contributed by atoms with Crippen LogP contribution in [0, 0.1) is 20.8 Å². The van der Waals surface area contributed by atoms with Gasteiger partial charge in [-0.25, -0.2) is 9.97 Å². The van der Waals surface area contributed by atoms with E-state index in [2.05, 4.69) is 29.0 Å². The maximum atomic E-state index is 13.2. The van der Waals surface area contributed by atoms with Crippen LogP contribution in [0.2, 0.25) is 0 Å². The summed E-state index contributed by atoms with van der Waals surface area (Å²) in [4.78, 5) is 37.2. The van der Waals surface area contributed by atoms with Gasteiger partial charge >= 0.3 is 0 Å². The smallest absolute Gasteiger partial charge is 0.193 e. The molecule has 0 aliphatic carbocycles. The van der Waals surface area contributed by atoms with Gasteiger partial charge in [-0.1, -0.05) is 84.9 Å². The molecule has 0 saturated carbocycles. The van der Waals surface area contributed by atoms with Gasteiger partial charge in [-0.05, 0) is 111 Å². The predicted octanol–water partition coefficient (Wildman–Crippen LogP) is 11.8. The first-order valence-corrected chi connectivity index (χ1v) is 21.1. The number of rotatable bonds is 9. The van der Waals surface area contributed by atoms with Crippen molar-refractivity contribution in [3.63, 3.8) is 0 Å². The second kappa shape index (κ2) is 18.2. The summed E-state index contributed by atoms with van der Waals surface area (Å²) in [7, 11) is 0. The van der Waals surface area contributed by atoms with E-state index in [1.807, 2.05) is 176 Å². The predicted molar refractivity (Wildman–Crippen MR) is 259 cm³/mol. The molecular formula is C52H45N7O2S. The average Bonchev–Trinajstić information content (AvgIpc) is 3.72. The van der Waals surface area contributed by atoms with Crippen molar-refractivity contribution in [3.05, 3.63) is 218 Å². The van der Waals surface area contributed by atoms with Crippen LogP contribution in [0.3, 0.4) is 0 Å². The molecule has 0 atom stereocenters. The minimum absolute atomic E-state index is 0.0531. The van der Waals surface area contributed by atoms with Crippen molar-refractivity contribution in [2.75, 3.05) is 10.6 Å². The molecule has 0 fully saturated rings. The number of benzene rings is 4. The van der Waals surface area contributed by atoms with Crippen LogP contribution in [0.4, 0.5) is 23.0 Å². The zero-order chi connectivity index (χ0) is 43.2. The first-order valence-electron chi connectivity index (χ1n) is 20.2. The highest BCUT2D eigenvalue weighted by Gasteiger charge is 2.18. The van der Waals surface area contributed by atoms with E-state index in [1.54, 1.807) is 23.5 Å². The standard InChI is InChI=1S/C26H24N4O.C26H21N3OS/c1-3-10-19(17-27)22-15-23-24(31)16-25(29-20-11-6-4-7-12-20)30(26(23)28-18(22)2)21-13-8-5-9-14-21;1-17-13-24(31-16-17)21-14-22-23(30)15-25(28-19-9-5-3-6-10-19)29(26(22)27-18(21)2)20-11-7-4-8-12-20/h3-17,29H,27H2,1-2H3;3-16,28H,1-2H3/b10-3-,19-17+;. The second-order valence-electron chi connectivity index (χ2n) is 14.7. The molecule has 0 spiro atoms. The van der Waals surface area contributed by atoms with Crippen LogP contribution < -0.4 is 27.2 Å². The van der Waals surface area contributed by atoms with Crippen LogP contribution in [0.5, 0.6) is 0 Å². The summed E-state index contributed by atoms with van der Waals surface area (Å²) in [5.41, 5.74) is 16.1. The SMILES string of the molecule is C/C=C\C(=C/N)c1cc2c(=O)cc(Nc3ccccc3)n(-c3ccccc3)c2nc1C.Cc1csc(-c2cc3c(=O)cc(Nc4ccccc4)n(-c4ccccc4)c3nc2C)c1. The molecule has 10 heteroatoms. The molecule has 9 nitrogen and oxygen atoms in total. The lowest BCUT2D eigenvalue weighted by molar-refractivity contribution is 1.05. The van der Waals surface area contributed by atoms with E-state index >= 15 is 0 Å². The largest absolute Gasteiger partial charge is 0.404 e. The molecule has 5 heterocycles. The Morgan fingerprint density at radius 1 is 0.613 bits per heavy atom. The summed E-state index contributed by atoms with van der Waals surface area (Å²) >= 11 is 1.68. The van der Waals surface area contributed by atoms with Crippen LogP contribution in [-0.4, -0.2) is 19.1 Å². The van der Waals surface area contributed by atoms with Crippen LogP contribution in [0.1, 0.15) is 29.4 Å². The number of hydrogen-bond acceptors (Lipinski definition) is 8. The van der Waals surface area contributed by atoms with Crippen molar-refractivity contribution in [2.45, 2.75) is 27.7 Å². The lowest BCUT2D eigenvalue weighted by atomic mass is 10.0. The Labute approximate surface area is 363 Å². The van der Waals surface area contributed by atoms with E-state index in [-0.39, 0.29) is 10.9 Å². The number of aryl methyl sites for hydroxylation is 3. The van der Waals surface area contributed by atoms with E-state index in [1.165, 1.54) is 11.8 Å². The number of nitrogens with two attached hydrogens (primary N) is 1. The zero-order valence-electron chi connectivity index (χ0n) is 34.8. The number of anilines is 4. The minimum atomic E-state index is -0.105. The molecule has 9 rings (SSSR count). The van der Waals surface area contributed by atoms with Crippen molar-refractivity contribution < 1.29 is 0 Å². The molecule has 0 unspecified atom stereocenters. The van der Waals surface area contributed by atoms with Crippen LogP contribution in [0.15, 0.2) is 185 Å². The first-order chi connectivity index (χ1) is 30.2. The van der Waals surface area contributed by atoms with Gasteiger partial charge in [0.1, 0.15) is 22.9 Å². The number of nitrogens with zero attached hydrogens (tertiary/aromatic N) is 4. The normalized spacial score (nSPS) is 11.5. The summed E-state index contributed by atoms with van der Waals surface area (Å²) in [6.07, 6.45) is 5.37. The summed E-state index contributed by atoms with van der Waals surface area (Å²) in [6.45, 7) is 7.94. The molecular weight excluding hydrogens is 787 g/mol. The molecule has 4 aromatic carbocycles. The van der Waals surface area contributed by atoms with E-state index in [9.17, 15) is 9.59 Å². The topological polar surface area (TPSA) is 120 Å².